The summed E-state index contributed by atoms with van der Waals surface area (Å²) in [7, 11) is -4.12. The van der Waals surface area contributed by atoms with E-state index in [1.54, 1.807) is 0 Å². The van der Waals surface area contributed by atoms with Crippen molar-refractivity contribution in [2.75, 3.05) is 10.8 Å². The first-order valence-electron chi connectivity index (χ1n) is 6.83. The normalized spacial score (nSPS) is 12.0. The number of hydrogen-bond acceptors (Lipinski definition) is 2. The fourth-order valence-corrected chi connectivity index (χ4v) is 3.86. The third kappa shape index (κ3) is 4.29. The van der Waals surface area contributed by atoms with Gasteiger partial charge in [0.05, 0.1) is 27.7 Å². The molecule has 0 bridgehead atoms. The van der Waals surface area contributed by atoms with Crippen molar-refractivity contribution in [1.29, 1.82) is 0 Å². The van der Waals surface area contributed by atoms with Crippen LogP contribution in [-0.4, -0.2) is 15.0 Å². The Hall–Kier alpha value is -1.70. The van der Waals surface area contributed by atoms with Crippen LogP contribution in [0.3, 0.4) is 0 Å². The highest BCUT2D eigenvalue weighted by Crippen LogP contribution is 2.38. The number of rotatable bonds is 5. The van der Waals surface area contributed by atoms with Gasteiger partial charge in [0.2, 0.25) is 0 Å². The molecule has 0 aromatic heterocycles. The quantitative estimate of drug-likeness (QED) is 0.620. The first kappa shape index (κ1) is 19.6. The second kappa shape index (κ2) is 7.27. The molecule has 0 N–H and O–H groups in total. The van der Waals surface area contributed by atoms with Crippen molar-refractivity contribution in [3.05, 3.63) is 70.7 Å². The number of alkyl halides is 3. The number of sulfonamides is 1. The van der Waals surface area contributed by atoms with Crippen molar-refractivity contribution >= 4 is 38.9 Å². The molecule has 134 valence electrons. The summed E-state index contributed by atoms with van der Waals surface area (Å²) in [5, 5.41) is -0.182. The van der Waals surface area contributed by atoms with Crippen LogP contribution < -0.4 is 4.31 Å². The van der Waals surface area contributed by atoms with E-state index in [1.165, 1.54) is 36.4 Å². The lowest BCUT2D eigenvalue weighted by Crippen LogP contribution is -2.31. The molecule has 2 aromatic carbocycles. The molecule has 0 aliphatic carbocycles. The summed E-state index contributed by atoms with van der Waals surface area (Å²) >= 11 is 11.3. The molecule has 2 rings (SSSR count). The van der Waals surface area contributed by atoms with Gasteiger partial charge in [-0.1, -0.05) is 29.3 Å². The van der Waals surface area contributed by atoms with Crippen LogP contribution in [0.25, 0.3) is 0 Å². The SMILES string of the molecule is C=CCN(c1ccc(Cl)c(C(F)(F)F)c1)S(=O)(=O)c1ccc(Cl)cc1. The van der Waals surface area contributed by atoms with Crippen molar-refractivity contribution in [2.24, 2.45) is 0 Å². The van der Waals surface area contributed by atoms with Crippen molar-refractivity contribution in [3.63, 3.8) is 0 Å². The monoisotopic (exact) mass is 409 g/mol. The van der Waals surface area contributed by atoms with Gasteiger partial charge in [-0.15, -0.1) is 6.58 Å². The van der Waals surface area contributed by atoms with Gasteiger partial charge in [-0.2, -0.15) is 13.2 Å². The second-order valence-corrected chi connectivity index (χ2v) is 7.65. The van der Waals surface area contributed by atoms with Gasteiger partial charge in [-0.3, -0.25) is 4.31 Å². The van der Waals surface area contributed by atoms with E-state index >= 15 is 0 Å². The van der Waals surface area contributed by atoms with Gasteiger partial charge in [0, 0.05) is 5.02 Å². The Balaban J connectivity index is 2.58. The van der Waals surface area contributed by atoms with E-state index in [0.29, 0.717) is 11.1 Å². The van der Waals surface area contributed by atoms with Crippen molar-refractivity contribution < 1.29 is 21.6 Å². The van der Waals surface area contributed by atoms with Gasteiger partial charge in [-0.25, -0.2) is 8.42 Å². The summed E-state index contributed by atoms with van der Waals surface area (Å²) in [6, 6.07) is 8.21. The Kier molecular flexibility index (Phi) is 5.71. The molecule has 0 atom stereocenters. The van der Waals surface area contributed by atoms with Gasteiger partial charge in [0.1, 0.15) is 0 Å². The predicted molar refractivity (Wildman–Crippen MR) is 92.6 cm³/mol. The van der Waals surface area contributed by atoms with E-state index in [0.717, 1.165) is 10.4 Å². The lowest BCUT2D eigenvalue weighted by molar-refractivity contribution is -0.137. The summed E-state index contributed by atoms with van der Waals surface area (Å²) in [6.45, 7) is 3.24. The van der Waals surface area contributed by atoms with Gasteiger partial charge in [0.15, 0.2) is 0 Å². The molecule has 0 aliphatic heterocycles. The number of hydrogen-bond donors (Lipinski definition) is 0. The van der Waals surface area contributed by atoms with Crippen LogP contribution in [0.1, 0.15) is 5.56 Å². The van der Waals surface area contributed by atoms with Gasteiger partial charge in [-0.05, 0) is 42.5 Å². The van der Waals surface area contributed by atoms with E-state index < -0.39 is 26.8 Å². The smallest absolute Gasteiger partial charge is 0.263 e. The van der Waals surface area contributed by atoms with Crippen LogP contribution in [0, 0.1) is 0 Å². The lowest BCUT2D eigenvalue weighted by atomic mass is 10.2. The minimum Gasteiger partial charge on any atom is -0.263 e. The first-order chi connectivity index (χ1) is 11.6. The van der Waals surface area contributed by atoms with Crippen LogP contribution in [-0.2, 0) is 16.2 Å². The van der Waals surface area contributed by atoms with Gasteiger partial charge < -0.3 is 0 Å². The van der Waals surface area contributed by atoms with E-state index in [9.17, 15) is 21.6 Å². The molecule has 9 heteroatoms. The molecule has 0 spiro atoms. The lowest BCUT2D eigenvalue weighted by Gasteiger charge is -2.24. The topological polar surface area (TPSA) is 37.4 Å². The standard InChI is InChI=1S/C16H12Cl2F3NO2S/c1-2-9-22(25(23,24)13-6-3-11(17)4-7-13)12-5-8-15(18)14(10-12)16(19,20)21/h2-8,10H,1,9H2. The summed E-state index contributed by atoms with van der Waals surface area (Å²) in [6.07, 6.45) is -3.44. The zero-order valence-corrected chi connectivity index (χ0v) is 14.9. The average molecular weight is 410 g/mol. The third-order valence-corrected chi connectivity index (χ3v) is 5.63. The number of anilines is 1. The van der Waals surface area contributed by atoms with E-state index in [-0.39, 0.29) is 17.1 Å². The summed E-state index contributed by atoms with van der Waals surface area (Å²) < 4.78 is 65.6. The number of benzene rings is 2. The molecular weight excluding hydrogens is 398 g/mol. The molecule has 0 aliphatic rings. The molecule has 0 radical (unpaired) electrons. The third-order valence-electron chi connectivity index (χ3n) is 3.24. The summed E-state index contributed by atoms with van der Waals surface area (Å²) in [5.74, 6) is 0. The molecule has 0 fully saturated rings. The molecule has 0 saturated carbocycles. The number of halogens is 5. The van der Waals surface area contributed by atoms with Crippen molar-refractivity contribution in [1.82, 2.24) is 0 Å². The van der Waals surface area contributed by atoms with Crippen molar-refractivity contribution in [2.45, 2.75) is 11.1 Å². The highest BCUT2D eigenvalue weighted by atomic mass is 35.5. The maximum absolute atomic E-state index is 13.1. The van der Waals surface area contributed by atoms with Crippen LogP contribution in [0.2, 0.25) is 10.0 Å². The number of nitrogens with zero attached hydrogens (tertiary/aromatic N) is 1. The van der Waals surface area contributed by atoms with Crippen LogP contribution in [0.5, 0.6) is 0 Å². The first-order valence-corrected chi connectivity index (χ1v) is 9.03. The molecule has 3 nitrogen and oxygen atoms in total. The predicted octanol–water partition coefficient (Wildman–Crippen LogP) is 5.39. The van der Waals surface area contributed by atoms with E-state index in [1.807, 2.05) is 0 Å². The Morgan fingerprint density at radius 3 is 2.20 bits per heavy atom. The minimum atomic E-state index is -4.71. The largest absolute Gasteiger partial charge is 0.417 e. The highest BCUT2D eigenvalue weighted by Gasteiger charge is 2.35. The van der Waals surface area contributed by atoms with Crippen LogP contribution in [0.15, 0.2) is 60.0 Å². The minimum absolute atomic E-state index is 0.109. The second-order valence-electron chi connectivity index (χ2n) is 4.94. The molecule has 25 heavy (non-hydrogen) atoms. The Bertz CT molecular complexity index is 881. The Morgan fingerprint density at radius 1 is 1.08 bits per heavy atom. The van der Waals surface area contributed by atoms with Gasteiger partial charge in [0.25, 0.3) is 10.0 Å². The molecule has 2 aromatic rings. The average Bonchev–Trinajstić information content (AvgIpc) is 2.52. The molecule has 0 amide bonds. The Labute approximate surface area is 153 Å². The highest BCUT2D eigenvalue weighted by molar-refractivity contribution is 7.92. The summed E-state index contributed by atoms with van der Waals surface area (Å²) in [4.78, 5) is -0.109. The van der Waals surface area contributed by atoms with Crippen molar-refractivity contribution in [3.8, 4) is 0 Å². The fourth-order valence-electron chi connectivity index (χ4n) is 2.08. The zero-order chi connectivity index (χ0) is 18.8. The molecule has 0 unspecified atom stereocenters. The molecule has 0 heterocycles. The maximum Gasteiger partial charge on any atom is 0.417 e. The summed E-state index contributed by atoms with van der Waals surface area (Å²) in [5.41, 5.74) is -1.29. The zero-order valence-electron chi connectivity index (χ0n) is 12.6. The van der Waals surface area contributed by atoms with Crippen LogP contribution in [0.4, 0.5) is 18.9 Å². The molecular formula is C16H12Cl2F3NO2S. The molecule has 0 saturated heterocycles. The van der Waals surface area contributed by atoms with E-state index in [4.69, 9.17) is 23.2 Å². The van der Waals surface area contributed by atoms with Crippen LogP contribution >= 0.6 is 23.2 Å². The Morgan fingerprint density at radius 2 is 1.68 bits per heavy atom. The van der Waals surface area contributed by atoms with E-state index in [2.05, 4.69) is 6.58 Å². The fraction of sp³-hybridized carbons (Fsp3) is 0.125. The maximum atomic E-state index is 13.1. The van der Waals surface area contributed by atoms with Gasteiger partial charge >= 0.3 is 6.18 Å².